The first kappa shape index (κ1) is 17.8. The summed E-state index contributed by atoms with van der Waals surface area (Å²) in [7, 11) is 0. The van der Waals surface area contributed by atoms with Gasteiger partial charge in [0.2, 0.25) is 0 Å². The Bertz CT molecular complexity index is 542. The third-order valence-electron chi connectivity index (χ3n) is 4.96. The summed E-state index contributed by atoms with van der Waals surface area (Å²) in [5.74, 6) is -1.04. The highest BCUT2D eigenvalue weighted by Gasteiger charge is 2.35. The Morgan fingerprint density at radius 3 is 2.61 bits per heavy atom. The Morgan fingerprint density at radius 1 is 1.39 bits per heavy atom. The number of nitrogens with one attached hydrogen (secondary N) is 1. The Hall–Kier alpha value is -1.53. The van der Waals surface area contributed by atoms with Gasteiger partial charge in [-0.25, -0.2) is 4.39 Å². The van der Waals surface area contributed by atoms with Crippen LogP contribution in [0.25, 0.3) is 0 Å². The SMILES string of the molecule is CC(C)(NC[C@H](O)c1cncc(F)c1)C1CCC(C(=O)O)CC1. The second kappa shape index (κ2) is 7.36. The summed E-state index contributed by atoms with van der Waals surface area (Å²) in [6.45, 7) is 4.43. The average Bonchev–Trinajstić information content (AvgIpc) is 2.52. The van der Waals surface area contributed by atoms with Crippen molar-refractivity contribution >= 4 is 5.97 Å². The van der Waals surface area contributed by atoms with Gasteiger partial charge in [0.1, 0.15) is 5.82 Å². The summed E-state index contributed by atoms with van der Waals surface area (Å²) in [6, 6.07) is 1.28. The van der Waals surface area contributed by atoms with Crippen LogP contribution in [0.3, 0.4) is 0 Å². The van der Waals surface area contributed by atoms with Crippen LogP contribution in [-0.2, 0) is 4.79 Å². The van der Waals surface area contributed by atoms with E-state index in [9.17, 15) is 14.3 Å². The lowest BCUT2D eigenvalue weighted by atomic mass is 9.73. The number of hydrogen-bond donors (Lipinski definition) is 3. The van der Waals surface area contributed by atoms with Crippen LogP contribution < -0.4 is 5.32 Å². The molecule has 1 atom stereocenters. The number of aromatic nitrogens is 1. The summed E-state index contributed by atoms with van der Waals surface area (Å²) >= 11 is 0. The first-order valence-electron chi connectivity index (χ1n) is 8.06. The molecule has 1 saturated carbocycles. The molecule has 6 heteroatoms. The number of halogens is 1. The first-order valence-corrected chi connectivity index (χ1v) is 8.06. The van der Waals surface area contributed by atoms with Gasteiger partial charge >= 0.3 is 5.97 Å². The average molecular weight is 324 g/mol. The lowest BCUT2D eigenvalue weighted by Gasteiger charge is -2.39. The van der Waals surface area contributed by atoms with E-state index in [2.05, 4.69) is 24.1 Å². The number of rotatable bonds is 6. The van der Waals surface area contributed by atoms with Gasteiger partial charge in [-0.2, -0.15) is 0 Å². The molecule has 0 aromatic carbocycles. The number of aliphatic carboxylic acids is 1. The lowest BCUT2D eigenvalue weighted by Crippen LogP contribution is -2.49. The topological polar surface area (TPSA) is 82.5 Å². The highest BCUT2D eigenvalue weighted by atomic mass is 19.1. The predicted molar refractivity (Wildman–Crippen MR) is 84.3 cm³/mol. The number of nitrogens with zero attached hydrogens (tertiary/aromatic N) is 1. The summed E-state index contributed by atoms with van der Waals surface area (Å²) in [4.78, 5) is 14.8. The molecule has 0 radical (unpaired) electrons. The third kappa shape index (κ3) is 4.72. The quantitative estimate of drug-likeness (QED) is 0.749. The zero-order valence-corrected chi connectivity index (χ0v) is 13.6. The van der Waals surface area contributed by atoms with E-state index < -0.39 is 17.9 Å². The second-order valence-electron chi connectivity index (χ2n) is 6.94. The van der Waals surface area contributed by atoms with Crippen LogP contribution in [-0.4, -0.2) is 33.3 Å². The minimum Gasteiger partial charge on any atom is -0.481 e. The fourth-order valence-electron chi connectivity index (χ4n) is 3.29. The van der Waals surface area contributed by atoms with Gasteiger partial charge in [-0.05, 0) is 51.5 Å². The van der Waals surface area contributed by atoms with Gasteiger partial charge in [0.05, 0.1) is 18.2 Å². The maximum Gasteiger partial charge on any atom is 0.306 e. The molecule has 1 aliphatic rings. The van der Waals surface area contributed by atoms with Crippen molar-refractivity contribution in [1.82, 2.24) is 10.3 Å². The van der Waals surface area contributed by atoms with Crippen molar-refractivity contribution < 1.29 is 19.4 Å². The van der Waals surface area contributed by atoms with Gasteiger partial charge in [0.15, 0.2) is 0 Å². The monoisotopic (exact) mass is 324 g/mol. The van der Waals surface area contributed by atoms with Crippen molar-refractivity contribution in [1.29, 1.82) is 0 Å². The van der Waals surface area contributed by atoms with Gasteiger partial charge in [0.25, 0.3) is 0 Å². The van der Waals surface area contributed by atoms with E-state index in [1.165, 1.54) is 12.3 Å². The number of β-amino-alcohol motifs (C(OH)–C–C–N with tert-alkyl or cyclic N) is 1. The number of carbonyl (C=O) groups is 1. The molecule has 23 heavy (non-hydrogen) atoms. The number of pyridine rings is 1. The van der Waals surface area contributed by atoms with Crippen LogP contribution in [0.15, 0.2) is 18.5 Å². The van der Waals surface area contributed by atoms with Crippen molar-refractivity contribution in [2.75, 3.05) is 6.54 Å². The van der Waals surface area contributed by atoms with Gasteiger partial charge < -0.3 is 15.5 Å². The molecule has 0 amide bonds. The summed E-state index contributed by atoms with van der Waals surface area (Å²) in [5, 5.41) is 22.6. The third-order valence-corrected chi connectivity index (χ3v) is 4.96. The molecule has 1 heterocycles. The first-order chi connectivity index (χ1) is 10.8. The molecule has 3 N–H and O–H groups in total. The smallest absolute Gasteiger partial charge is 0.306 e. The lowest BCUT2D eigenvalue weighted by molar-refractivity contribution is -0.143. The van der Waals surface area contributed by atoms with E-state index in [1.54, 1.807) is 0 Å². The Kier molecular flexibility index (Phi) is 5.70. The van der Waals surface area contributed by atoms with Crippen molar-refractivity contribution in [3.8, 4) is 0 Å². The molecule has 128 valence electrons. The van der Waals surface area contributed by atoms with Crippen LogP contribution in [0.4, 0.5) is 4.39 Å². The number of aliphatic hydroxyl groups is 1. The maximum atomic E-state index is 13.2. The van der Waals surface area contributed by atoms with E-state index in [1.807, 2.05) is 0 Å². The van der Waals surface area contributed by atoms with Crippen molar-refractivity contribution in [2.24, 2.45) is 11.8 Å². The number of hydrogen-bond acceptors (Lipinski definition) is 4. The molecule has 0 bridgehead atoms. The molecule has 0 spiro atoms. The van der Waals surface area contributed by atoms with E-state index in [4.69, 9.17) is 5.11 Å². The van der Waals surface area contributed by atoms with E-state index in [0.29, 0.717) is 30.9 Å². The Labute approximate surface area is 135 Å². The van der Waals surface area contributed by atoms with Crippen LogP contribution in [0.2, 0.25) is 0 Å². The second-order valence-corrected chi connectivity index (χ2v) is 6.94. The normalized spacial score (nSPS) is 23.5. The molecule has 1 aromatic heterocycles. The minimum atomic E-state index is -0.826. The number of carboxylic acids is 1. The Morgan fingerprint density at radius 2 is 2.04 bits per heavy atom. The highest BCUT2D eigenvalue weighted by Crippen LogP contribution is 2.35. The largest absolute Gasteiger partial charge is 0.481 e. The molecule has 1 fully saturated rings. The van der Waals surface area contributed by atoms with Crippen molar-refractivity contribution in [3.63, 3.8) is 0 Å². The molecular formula is C17H25FN2O3. The number of aliphatic hydroxyl groups excluding tert-OH is 1. The maximum absolute atomic E-state index is 13.2. The molecule has 0 saturated heterocycles. The molecule has 1 aliphatic carbocycles. The molecule has 5 nitrogen and oxygen atoms in total. The van der Waals surface area contributed by atoms with Gasteiger partial charge in [-0.3, -0.25) is 9.78 Å². The molecule has 0 unspecified atom stereocenters. The molecular weight excluding hydrogens is 299 g/mol. The van der Waals surface area contributed by atoms with Gasteiger partial charge in [0, 0.05) is 23.8 Å². The summed E-state index contributed by atoms with van der Waals surface area (Å²) in [5.41, 5.74) is 0.230. The summed E-state index contributed by atoms with van der Waals surface area (Å²) < 4.78 is 13.2. The van der Waals surface area contributed by atoms with Crippen LogP contribution in [0, 0.1) is 17.7 Å². The fourth-order valence-corrected chi connectivity index (χ4v) is 3.29. The highest BCUT2D eigenvalue weighted by molar-refractivity contribution is 5.70. The van der Waals surface area contributed by atoms with Crippen molar-refractivity contribution in [3.05, 3.63) is 29.8 Å². The predicted octanol–water partition coefficient (Wildman–Crippen LogP) is 2.51. The zero-order valence-electron chi connectivity index (χ0n) is 13.6. The van der Waals surface area contributed by atoms with Crippen LogP contribution >= 0.6 is 0 Å². The van der Waals surface area contributed by atoms with E-state index >= 15 is 0 Å². The molecule has 1 aromatic rings. The zero-order chi connectivity index (χ0) is 17.0. The van der Waals surface area contributed by atoms with Crippen molar-refractivity contribution in [2.45, 2.75) is 51.2 Å². The van der Waals surface area contributed by atoms with Gasteiger partial charge in [-0.15, -0.1) is 0 Å². The van der Waals surface area contributed by atoms with E-state index in [-0.39, 0.29) is 11.5 Å². The minimum absolute atomic E-state index is 0.217. The van der Waals surface area contributed by atoms with Crippen LogP contribution in [0.5, 0.6) is 0 Å². The Balaban J connectivity index is 1.87. The molecule has 0 aliphatic heterocycles. The van der Waals surface area contributed by atoms with E-state index in [0.717, 1.165) is 19.0 Å². The molecule has 2 rings (SSSR count). The van der Waals surface area contributed by atoms with Crippen LogP contribution in [0.1, 0.15) is 51.2 Å². The standard InChI is InChI=1S/C17H25FN2O3/c1-17(2,13-5-3-11(4-6-13)16(22)23)20-10-15(21)12-7-14(18)9-19-8-12/h7-9,11,13,15,20-21H,3-6,10H2,1-2H3,(H,22,23)/t11?,13?,15-/m0/s1. The summed E-state index contributed by atoms with van der Waals surface area (Å²) in [6.07, 6.45) is 4.84. The fraction of sp³-hybridized carbons (Fsp3) is 0.647. The number of carboxylic acid groups (broad SMARTS) is 1. The van der Waals surface area contributed by atoms with Gasteiger partial charge in [-0.1, -0.05) is 0 Å².